The summed E-state index contributed by atoms with van der Waals surface area (Å²) in [6.45, 7) is 2.77. The third-order valence-electron chi connectivity index (χ3n) is 2.43. The van der Waals surface area contributed by atoms with Gasteiger partial charge < -0.3 is 5.32 Å². The summed E-state index contributed by atoms with van der Waals surface area (Å²) in [6.07, 6.45) is 3.18. The highest BCUT2D eigenvalue weighted by Gasteiger charge is 2.04. The van der Waals surface area contributed by atoms with Crippen molar-refractivity contribution in [2.75, 3.05) is 11.3 Å². The molecule has 0 fully saturated rings. The van der Waals surface area contributed by atoms with Gasteiger partial charge in [0, 0.05) is 17.8 Å². The second-order valence-electron chi connectivity index (χ2n) is 3.91. The van der Waals surface area contributed by atoms with Crippen LogP contribution in [0.25, 0.3) is 0 Å². The Morgan fingerprint density at radius 3 is 2.39 bits per heavy atom. The van der Waals surface area contributed by atoms with Crippen molar-refractivity contribution in [1.82, 2.24) is 5.32 Å². The summed E-state index contributed by atoms with van der Waals surface area (Å²) in [5.74, 6) is -0.135. The average Bonchev–Trinajstić information content (AvgIpc) is 2.34. The zero-order valence-electron chi connectivity index (χ0n) is 10.3. The van der Waals surface area contributed by atoms with Gasteiger partial charge in [-0.25, -0.2) is 8.42 Å². The van der Waals surface area contributed by atoms with Gasteiger partial charge in [-0.2, -0.15) is 0 Å². The molecule has 5 nitrogen and oxygen atoms in total. The standard InChI is InChI=1S/C12H18N2O3S/c1-2-3-4-9-13-12(15)10-5-7-11(8-6-10)14-18(16)17/h5-8,18H,2-4,9H2,1H3,(H,13,15)(H,14,16,17). The quantitative estimate of drug-likeness (QED) is 0.520. The van der Waals surface area contributed by atoms with Crippen molar-refractivity contribution >= 4 is 22.5 Å². The van der Waals surface area contributed by atoms with Crippen LogP contribution >= 0.6 is 0 Å². The van der Waals surface area contributed by atoms with E-state index in [0.717, 1.165) is 19.3 Å². The molecule has 1 aromatic carbocycles. The van der Waals surface area contributed by atoms with Crippen LogP contribution in [0, 0.1) is 0 Å². The van der Waals surface area contributed by atoms with Gasteiger partial charge >= 0.3 is 0 Å². The maximum atomic E-state index is 11.7. The second-order valence-corrected chi connectivity index (χ2v) is 4.65. The Bertz CT molecular complexity index is 447. The van der Waals surface area contributed by atoms with Crippen LogP contribution in [0.3, 0.4) is 0 Å². The van der Waals surface area contributed by atoms with Gasteiger partial charge in [0.1, 0.15) is 0 Å². The van der Waals surface area contributed by atoms with Gasteiger partial charge in [0.25, 0.3) is 5.91 Å². The molecule has 0 bridgehead atoms. The van der Waals surface area contributed by atoms with Crippen LogP contribution in [0.4, 0.5) is 5.69 Å². The second kappa shape index (κ2) is 7.71. The Kier molecular flexibility index (Phi) is 6.21. The third-order valence-corrected chi connectivity index (χ3v) is 2.87. The van der Waals surface area contributed by atoms with Crippen molar-refractivity contribution in [2.45, 2.75) is 26.2 Å². The van der Waals surface area contributed by atoms with Crippen LogP contribution < -0.4 is 10.0 Å². The number of nitrogens with one attached hydrogen (secondary N) is 2. The summed E-state index contributed by atoms with van der Waals surface area (Å²) in [6, 6.07) is 6.31. The van der Waals surface area contributed by atoms with Crippen molar-refractivity contribution in [3.05, 3.63) is 29.8 Å². The molecule has 2 N–H and O–H groups in total. The van der Waals surface area contributed by atoms with E-state index in [1.807, 2.05) is 0 Å². The van der Waals surface area contributed by atoms with Crippen molar-refractivity contribution < 1.29 is 13.2 Å². The Morgan fingerprint density at radius 1 is 1.17 bits per heavy atom. The van der Waals surface area contributed by atoms with Crippen molar-refractivity contribution in [3.63, 3.8) is 0 Å². The van der Waals surface area contributed by atoms with Crippen molar-refractivity contribution in [2.24, 2.45) is 0 Å². The molecule has 0 heterocycles. The number of hydrogen-bond donors (Lipinski definition) is 3. The van der Waals surface area contributed by atoms with E-state index in [2.05, 4.69) is 17.0 Å². The summed E-state index contributed by atoms with van der Waals surface area (Å²) in [4.78, 5) is 11.7. The van der Waals surface area contributed by atoms with E-state index in [-0.39, 0.29) is 5.91 Å². The van der Waals surface area contributed by atoms with Crippen LogP contribution in [0.2, 0.25) is 0 Å². The molecule has 100 valence electrons. The van der Waals surface area contributed by atoms with Gasteiger partial charge in [0.15, 0.2) is 0 Å². The fourth-order valence-corrected chi connectivity index (χ4v) is 1.84. The Balaban J connectivity index is 2.48. The van der Waals surface area contributed by atoms with Crippen LogP contribution in [0.1, 0.15) is 36.5 Å². The fraction of sp³-hybridized carbons (Fsp3) is 0.417. The lowest BCUT2D eigenvalue weighted by molar-refractivity contribution is 0.0953. The van der Waals surface area contributed by atoms with Crippen molar-refractivity contribution in [3.8, 4) is 0 Å². The monoisotopic (exact) mass is 270 g/mol. The van der Waals surface area contributed by atoms with Crippen LogP contribution in [-0.2, 0) is 10.9 Å². The zero-order valence-corrected chi connectivity index (χ0v) is 11.2. The van der Waals surface area contributed by atoms with Gasteiger partial charge in [-0.1, -0.05) is 19.8 Å². The van der Waals surface area contributed by atoms with Gasteiger partial charge in [0.2, 0.25) is 10.9 Å². The molecule has 1 rings (SSSR count). The minimum Gasteiger partial charge on any atom is -0.352 e. The third kappa shape index (κ3) is 5.18. The topological polar surface area (TPSA) is 75.3 Å². The molecule has 0 aromatic heterocycles. The Morgan fingerprint density at radius 2 is 1.83 bits per heavy atom. The smallest absolute Gasteiger partial charge is 0.251 e. The predicted octanol–water partition coefficient (Wildman–Crippen LogP) is 1.54. The Hall–Kier alpha value is -1.56. The molecular weight excluding hydrogens is 252 g/mol. The van der Waals surface area contributed by atoms with E-state index in [1.54, 1.807) is 24.3 Å². The largest absolute Gasteiger partial charge is 0.352 e. The molecule has 0 radical (unpaired) electrons. The highest BCUT2D eigenvalue weighted by Crippen LogP contribution is 2.09. The highest BCUT2D eigenvalue weighted by molar-refractivity contribution is 7.73. The van der Waals surface area contributed by atoms with E-state index in [0.29, 0.717) is 17.8 Å². The van der Waals surface area contributed by atoms with Gasteiger partial charge in [0.05, 0.1) is 0 Å². The number of hydrogen-bond acceptors (Lipinski definition) is 3. The van der Waals surface area contributed by atoms with E-state index < -0.39 is 10.9 Å². The van der Waals surface area contributed by atoms with E-state index >= 15 is 0 Å². The number of carbonyl (C=O) groups excluding carboxylic acids is 1. The molecule has 1 amide bonds. The lowest BCUT2D eigenvalue weighted by atomic mass is 10.2. The summed E-state index contributed by atoms with van der Waals surface area (Å²) in [5, 5.41) is 2.82. The number of thiol groups is 1. The normalized spacial score (nSPS) is 10.3. The molecule has 1 aromatic rings. The zero-order chi connectivity index (χ0) is 13.4. The van der Waals surface area contributed by atoms with Crippen LogP contribution in [-0.4, -0.2) is 20.9 Å². The first kappa shape index (κ1) is 14.5. The molecule has 0 unspecified atom stereocenters. The molecule has 6 heteroatoms. The number of rotatable bonds is 7. The van der Waals surface area contributed by atoms with E-state index in [9.17, 15) is 13.2 Å². The number of carbonyl (C=O) groups is 1. The first-order valence-electron chi connectivity index (χ1n) is 5.92. The first-order valence-corrected chi connectivity index (χ1v) is 7.10. The number of amides is 1. The molecule has 0 saturated carbocycles. The SMILES string of the molecule is CCCCCNC(=O)c1ccc(N[SH](=O)=O)cc1. The molecule has 0 saturated heterocycles. The summed E-state index contributed by atoms with van der Waals surface area (Å²) < 4.78 is 23.1. The number of benzene rings is 1. The Labute approximate surface area is 109 Å². The van der Waals surface area contributed by atoms with E-state index in [4.69, 9.17) is 0 Å². The highest BCUT2D eigenvalue weighted by atomic mass is 32.2. The van der Waals surface area contributed by atoms with Gasteiger partial charge in [-0.05, 0) is 30.7 Å². The molecule has 0 atom stereocenters. The lowest BCUT2D eigenvalue weighted by Gasteiger charge is -2.05. The molecule has 0 aliphatic carbocycles. The van der Waals surface area contributed by atoms with Gasteiger partial charge in [-0.15, -0.1) is 0 Å². The molecule has 0 aliphatic heterocycles. The van der Waals surface area contributed by atoms with Crippen molar-refractivity contribution in [1.29, 1.82) is 0 Å². The first-order chi connectivity index (χ1) is 8.63. The van der Waals surface area contributed by atoms with E-state index in [1.165, 1.54) is 0 Å². The molecular formula is C12H18N2O3S. The molecule has 0 aliphatic rings. The minimum atomic E-state index is -2.67. The maximum Gasteiger partial charge on any atom is 0.251 e. The van der Waals surface area contributed by atoms with Crippen LogP contribution in [0.5, 0.6) is 0 Å². The minimum absolute atomic E-state index is 0.135. The number of anilines is 1. The molecule has 0 spiro atoms. The predicted molar refractivity (Wildman–Crippen MR) is 72.2 cm³/mol. The van der Waals surface area contributed by atoms with Crippen LogP contribution in [0.15, 0.2) is 24.3 Å². The molecule has 18 heavy (non-hydrogen) atoms. The number of unbranched alkanes of at least 4 members (excludes halogenated alkanes) is 2. The fourth-order valence-electron chi connectivity index (χ4n) is 1.48. The summed E-state index contributed by atoms with van der Waals surface area (Å²) >= 11 is 0. The average molecular weight is 270 g/mol. The summed E-state index contributed by atoms with van der Waals surface area (Å²) in [7, 11) is -2.67. The maximum absolute atomic E-state index is 11.7. The lowest BCUT2D eigenvalue weighted by Crippen LogP contribution is -2.24. The van der Waals surface area contributed by atoms with Gasteiger partial charge in [-0.3, -0.25) is 9.52 Å². The summed E-state index contributed by atoms with van der Waals surface area (Å²) in [5.41, 5.74) is 0.979.